The number of aliphatic hydroxyl groups excluding tert-OH is 2. The van der Waals surface area contributed by atoms with Crippen LogP contribution >= 0.6 is 0 Å². The van der Waals surface area contributed by atoms with Crippen molar-refractivity contribution in [3.63, 3.8) is 0 Å². The van der Waals surface area contributed by atoms with Gasteiger partial charge in [0, 0.05) is 136 Å². The number of nitrogens with one attached hydrogen (secondary N) is 1. The van der Waals surface area contributed by atoms with Gasteiger partial charge < -0.3 is 24.7 Å². The molecule has 4 N–H and O–H groups in total. The maximum Gasteiger partial charge on any atom is 0.226 e. The molecule has 0 saturated heterocycles. The highest BCUT2D eigenvalue weighted by Gasteiger charge is 2.61. The van der Waals surface area contributed by atoms with Crippen LogP contribution in [0.3, 0.4) is 0 Å². The van der Waals surface area contributed by atoms with Gasteiger partial charge in [-0.25, -0.2) is 65.0 Å². The number of fused-ring (bicyclic) bond motifs is 16. The fraction of sp³-hybridized carbons (Fsp3) is 0.448. The van der Waals surface area contributed by atoms with E-state index >= 15 is 0 Å². The molecule has 0 unspecified atom stereocenters. The number of allylic oxidation sites excluding steroid dienone is 5. The average Bonchev–Trinajstić information content (AvgIpc) is 1.59. The lowest BCUT2D eigenvalue weighted by molar-refractivity contribution is -0.137. The first-order chi connectivity index (χ1) is 65.5. The standard InChI is InChI=1S/2C23H25N3O.C23H23N3O.C23H26N2O2.C22H26N2O.CH5NO.CH4/c1-14-25-19(15-8-6-5-7-9-15)17-10-11-18-22(2,3)21-16(13-24-27-21)12-23(18,4)20(17)26-14;2*1-14-25-19(15-9-7-6-8-10-15)16-11-12-18-22(2,3)21(27)17(24-5)13-23(18,4)20(16)26-14;1-14-24-19(15-8-6-5-7-9-15)17-10-11-18-22(2,3)21(27)16(13-26)12-23(18,4)20(17)25-14;1-14-23-19(15-8-6-5-7-9-15)16-10-11-17-21(2,3)18(25)12-13-22(17,4)20(16)24-14;1-2-3;/h5-9,13,18H,10-12H2,1-4H3;6-10,18,27H,11-13H2,1-4H3;6-10,13,18H,11-12H2,1-4H3;5-9,13,18,26H,10-12H2,1-4H3;5-9,17H,10-13H2,1-4H3;2-3H,1H3;1H4/b;;;16-13-;;;/t4*18-,23-;17-,22-;;/m00000../s1/i;;;;;;1T. The summed E-state index contributed by atoms with van der Waals surface area (Å²) in [7, 11) is 2.68. The molecule has 6 aromatic heterocycles. The van der Waals surface area contributed by atoms with E-state index in [1.165, 1.54) is 59.2 Å². The number of benzene rings is 5. The fourth-order valence-electron chi connectivity index (χ4n) is 26.8. The minimum absolute atomic E-state index is 0.0349. The van der Waals surface area contributed by atoms with Gasteiger partial charge in [-0.05, 0) is 154 Å². The summed E-state index contributed by atoms with van der Waals surface area (Å²) in [6, 6.07) is 51.7. The molecule has 0 spiro atoms. The maximum absolute atomic E-state index is 12.9. The quantitative estimate of drug-likeness (QED) is 0.0539. The first-order valence-corrected chi connectivity index (χ1v) is 48.3. The Morgan fingerprint density at radius 1 is 0.409 bits per heavy atom. The zero-order valence-electron chi connectivity index (χ0n) is 84.9. The Kier molecular flexibility index (Phi) is 26.6. The van der Waals surface area contributed by atoms with Gasteiger partial charge >= 0.3 is 0 Å². The second-order valence-electron chi connectivity index (χ2n) is 43.3. The molecule has 710 valence electrons. The van der Waals surface area contributed by atoms with Gasteiger partial charge in [-0.15, -0.1) is 0 Å². The lowest BCUT2D eigenvalue weighted by atomic mass is 9.50. The molecule has 137 heavy (non-hydrogen) atoms. The highest BCUT2D eigenvalue weighted by atomic mass is 16.5. The number of nitrogens with zero attached hydrogens (tertiary/aromatic N) is 13. The van der Waals surface area contributed by atoms with E-state index in [-0.39, 0.29) is 73.3 Å². The Morgan fingerprint density at radius 3 is 1.09 bits per heavy atom. The topological polar surface area (TPSA) is 288 Å². The molecule has 2 fully saturated rings. The number of Topliss-reactive ketones (excluding diaryl/α,β-unsaturated/α-hetero) is 3. The van der Waals surface area contributed by atoms with Gasteiger partial charge in [0.05, 0.1) is 82.5 Å². The Morgan fingerprint density at radius 2 is 0.723 bits per heavy atom. The molecule has 2 saturated carbocycles. The van der Waals surface area contributed by atoms with Crippen LogP contribution in [0.5, 0.6) is 0 Å². The number of hydrogen-bond acceptors (Lipinski definition) is 19. The van der Waals surface area contributed by atoms with Gasteiger partial charge in [0.1, 0.15) is 46.4 Å². The Balaban J connectivity index is 0.000000129. The van der Waals surface area contributed by atoms with Crippen LogP contribution in [-0.2, 0) is 85.4 Å². The van der Waals surface area contributed by atoms with Crippen LogP contribution in [0.15, 0.2) is 197 Å². The molecular formula is C116H134N14O7. The number of carbonyl (C=O) groups excluding carboxylic acids is 3. The van der Waals surface area contributed by atoms with Gasteiger partial charge in [-0.1, -0.05) is 274 Å². The van der Waals surface area contributed by atoms with Gasteiger partial charge in [-0.3, -0.25) is 9.59 Å². The molecule has 21 nitrogen and oxygen atoms in total. The van der Waals surface area contributed by atoms with Crippen LogP contribution in [0.25, 0.3) is 66.0 Å². The van der Waals surface area contributed by atoms with E-state index in [4.69, 9.17) is 74.1 Å². The summed E-state index contributed by atoms with van der Waals surface area (Å²) >= 11 is 0. The molecule has 21 heteroatoms. The van der Waals surface area contributed by atoms with Crippen molar-refractivity contribution >= 4 is 17.3 Å². The van der Waals surface area contributed by atoms with Crippen molar-refractivity contribution in [1.29, 1.82) is 0 Å². The van der Waals surface area contributed by atoms with E-state index in [2.05, 4.69) is 182 Å². The number of ketones is 3. The summed E-state index contributed by atoms with van der Waals surface area (Å²) in [6.45, 7) is 57.1. The molecule has 10 aliphatic carbocycles. The number of rotatable bonds is 5. The third kappa shape index (κ3) is 17.1. The van der Waals surface area contributed by atoms with Crippen LogP contribution in [0, 0.1) is 99.0 Å². The summed E-state index contributed by atoms with van der Waals surface area (Å²) in [5, 5.41) is 31.9. The lowest BCUT2D eigenvalue weighted by Crippen LogP contribution is -2.53. The predicted octanol–water partition coefficient (Wildman–Crippen LogP) is 24.5. The molecule has 11 aromatic rings. The monoisotopic (exact) mass is 1840 g/mol. The van der Waals surface area contributed by atoms with Crippen molar-refractivity contribution in [2.45, 2.75) is 275 Å². The van der Waals surface area contributed by atoms with E-state index < -0.39 is 21.7 Å². The number of carbonyl (C=O) groups is 3. The van der Waals surface area contributed by atoms with Gasteiger partial charge in [0.25, 0.3) is 0 Å². The third-order valence-electron chi connectivity index (χ3n) is 33.0. The molecule has 0 amide bonds. The summed E-state index contributed by atoms with van der Waals surface area (Å²) in [4.78, 5) is 94.0. The van der Waals surface area contributed by atoms with Crippen LogP contribution in [-0.4, -0.2) is 94.8 Å². The van der Waals surface area contributed by atoms with Crippen LogP contribution in [0.2, 0.25) is 0 Å². The SMILES string of the molecule is CNO.Cc1nc(-c2ccccc2)c2c(n1)[C@@]1(C)C/C(=C/O)C(=O)C(C)(C)[C@@H]1CC2.Cc1nc(-c2ccccc2)c2c(n1)[C@@]1(C)CCC(=O)C(C)(C)[C@@H]1CC2.Cc1nc(-c2ccccc2)c2c(n1)[C@@]1(C)Cc3cnoc3C(C)(C)[C@@H]1CC2.[3H]C.[C-]#[N+]C1=C(O)C(C)(C)[C@@H]2CCc3c(-c4ccccc4)nc(C)nc3[C@@]2(C)C1.[C-]#[N+]C1=C[C@]2(C)c3nc(C)nc(-c4ccccc4)c3CC[C@H]2C(C)(C)C1=O. The molecule has 0 aliphatic heterocycles. The van der Waals surface area contributed by atoms with Crippen molar-refractivity contribution in [2.75, 3.05) is 7.05 Å². The molecule has 10 aliphatic rings. The van der Waals surface area contributed by atoms with Crippen molar-refractivity contribution in [3.8, 4) is 56.3 Å². The third-order valence-corrected chi connectivity index (χ3v) is 33.0. The number of aromatic nitrogens is 11. The van der Waals surface area contributed by atoms with Crippen LogP contribution in [0.1, 0.15) is 267 Å². The van der Waals surface area contributed by atoms with Crippen molar-refractivity contribution in [2.24, 2.45) is 51.2 Å². The fourth-order valence-corrected chi connectivity index (χ4v) is 26.8. The van der Waals surface area contributed by atoms with E-state index in [0.29, 0.717) is 48.2 Å². The predicted molar refractivity (Wildman–Crippen MR) is 538 cm³/mol. The normalized spacial score (nSPS) is 25.9. The second-order valence-corrected chi connectivity index (χ2v) is 43.3. The summed E-state index contributed by atoms with van der Waals surface area (Å²) in [5.74, 6) is 7.02. The van der Waals surface area contributed by atoms with E-state index in [1.54, 1.807) is 5.48 Å². The molecule has 0 bridgehead atoms. The first-order valence-electron chi connectivity index (χ1n) is 49.3. The number of aryl methyl sites for hydroxylation is 5. The lowest BCUT2D eigenvalue weighted by Gasteiger charge is -2.53. The first kappa shape index (κ1) is 97.5. The van der Waals surface area contributed by atoms with Gasteiger partial charge in [0.15, 0.2) is 11.6 Å². The van der Waals surface area contributed by atoms with Crippen molar-refractivity contribution in [1.82, 2.24) is 60.5 Å². The molecule has 5 aromatic carbocycles. The zero-order chi connectivity index (χ0) is 99.5. The van der Waals surface area contributed by atoms with Crippen LogP contribution < -0.4 is 5.48 Å². The summed E-state index contributed by atoms with van der Waals surface area (Å²) in [6.07, 6.45) is 17.8. The summed E-state index contributed by atoms with van der Waals surface area (Å²) in [5.41, 5.74) is 23.7. The van der Waals surface area contributed by atoms with Crippen LogP contribution in [0.4, 0.5) is 0 Å². The van der Waals surface area contributed by atoms with Crippen molar-refractivity contribution in [3.05, 3.63) is 312 Å². The van der Waals surface area contributed by atoms with Crippen molar-refractivity contribution < 1.29 is 35.7 Å². The van der Waals surface area contributed by atoms with E-state index in [1.807, 2.05) is 135 Å². The summed E-state index contributed by atoms with van der Waals surface area (Å²) < 4.78 is 11.4. The smallest absolute Gasteiger partial charge is 0.226 e. The highest BCUT2D eigenvalue weighted by Crippen LogP contribution is 2.63. The zero-order valence-corrected chi connectivity index (χ0v) is 83.9. The molecular weight excluding hydrogens is 1700 g/mol. The number of hydroxylamine groups is 1. The Bertz CT molecular complexity index is 6690. The maximum atomic E-state index is 12.9. The van der Waals surface area contributed by atoms with E-state index in [9.17, 15) is 24.6 Å². The molecule has 0 radical (unpaired) electrons. The molecule has 10 atom stereocenters. The second kappa shape index (κ2) is 37.4. The minimum atomic E-state index is -0.577. The van der Waals surface area contributed by atoms with Gasteiger partial charge in [-0.2, -0.15) is 0 Å². The highest BCUT2D eigenvalue weighted by molar-refractivity contribution is 6.03. The number of hydrogen-bond donors (Lipinski definition) is 4. The number of aliphatic hydroxyl groups is 2. The average molecular weight is 1840 g/mol. The Hall–Kier alpha value is -12.6. The minimum Gasteiger partial charge on any atom is -0.523 e. The van der Waals surface area contributed by atoms with Gasteiger partial charge in [0.2, 0.25) is 11.4 Å². The molecule has 6 heterocycles. The Labute approximate surface area is 810 Å². The molecule has 21 rings (SSSR count). The van der Waals surface area contributed by atoms with E-state index in [0.717, 1.165) is 192 Å². The largest absolute Gasteiger partial charge is 0.523 e.